The molecule has 2 saturated heterocycles. The number of rotatable bonds is 6. The van der Waals surface area contributed by atoms with Crippen LogP contribution in [0, 0.1) is 11.8 Å². The van der Waals surface area contributed by atoms with E-state index in [2.05, 4.69) is 34.0 Å². The molecule has 5 nitrogen and oxygen atoms in total. The largest absolute Gasteiger partial charge is 0.468 e. The van der Waals surface area contributed by atoms with E-state index in [1.807, 2.05) is 24.4 Å². The van der Waals surface area contributed by atoms with E-state index in [0.29, 0.717) is 17.9 Å². The Morgan fingerprint density at radius 3 is 3.04 bits per heavy atom. The molecule has 4 rings (SSSR count). The van der Waals surface area contributed by atoms with Crippen LogP contribution in [0.1, 0.15) is 17.9 Å². The van der Waals surface area contributed by atoms with E-state index in [4.69, 9.17) is 9.15 Å². The molecular formula is C20H27N3O2. The maximum absolute atomic E-state index is 6.17. The number of hydrogen-bond donors (Lipinski definition) is 0. The molecule has 2 aliphatic rings. The number of hydrogen-bond acceptors (Lipinski definition) is 5. The number of nitrogens with zero attached hydrogens (tertiary/aromatic N) is 3. The van der Waals surface area contributed by atoms with Crippen LogP contribution in [0.15, 0.2) is 47.2 Å². The summed E-state index contributed by atoms with van der Waals surface area (Å²) in [6, 6.07) is 10.1. The highest BCUT2D eigenvalue weighted by Gasteiger charge is 2.41. The summed E-state index contributed by atoms with van der Waals surface area (Å²) in [5.41, 5.74) is 1.16. The zero-order valence-electron chi connectivity index (χ0n) is 14.9. The summed E-state index contributed by atoms with van der Waals surface area (Å²) in [7, 11) is 2.15. The van der Waals surface area contributed by atoms with Crippen molar-refractivity contribution < 1.29 is 9.15 Å². The van der Waals surface area contributed by atoms with Crippen molar-refractivity contribution in [1.29, 1.82) is 0 Å². The second-order valence-corrected chi connectivity index (χ2v) is 7.42. The van der Waals surface area contributed by atoms with Gasteiger partial charge < -0.3 is 9.15 Å². The highest BCUT2D eigenvalue weighted by Crippen LogP contribution is 2.35. The molecule has 134 valence electrons. The Hall–Kier alpha value is -1.69. The van der Waals surface area contributed by atoms with E-state index in [-0.39, 0.29) is 0 Å². The molecule has 0 bridgehead atoms. The highest BCUT2D eigenvalue weighted by molar-refractivity contribution is 5.04. The third-order valence-electron chi connectivity index (χ3n) is 5.50. The lowest BCUT2D eigenvalue weighted by molar-refractivity contribution is 0.0457. The van der Waals surface area contributed by atoms with Gasteiger partial charge in [0.25, 0.3) is 0 Å². The summed E-state index contributed by atoms with van der Waals surface area (Å²) >= 11 is 0. The summed E-state index contributed by atoms with van der Waals surface area (Å²) in [4.78, 5) is 9.32. The summed E-state index contributed by atoms with van der Waals surface area (Å²) in [6.45, 7) is 5.91. The Bertz CT molecular complexity index is 646. The van der Waals surface area contributed by atoms with Crippen LogP contribution in [0.3, 0.4) is 0 Å². The van der Waals surface area contributed by atoms with Gasteiger partial charge in [-0.25, -0.2) is 0 Å². The summed E-state index contributed by atoms with van der Waals surface area (Å²) in [5.74, 6) is 2.34. The van der Waals surface area contributed by atoms with Crippen molar-refractivity contribution in [2.45, 2.75) is 25.6 Å². The Labute approximate surface area is 149 Å². The average Bonchev–Trinajstić information content (AvgIpc) is 3.26. The van der Waals surface area contributed by atoms with Crippen molar-refractivity contribution in [2.24, 2.45) is 11.8 Å². The molecule has 0 radical (unpaired) electrons. The fraction of sp³-hybridized carbons (Fsp3) is 0.550. The second-order valence-electron chi connectivity index (χ2n) is 7.42. The number of ether oxygens (including phenoxy) is 1. The molecule has 3 atom stereocenters. The quantitative estimate of drug-likeness (QED) is 0.808. The van der Waals surface area contributed by atoms with Crippen LogP contribution in [0.2, 0.25) is 0 Å². The minimum absolute atomic E-state index is 0.316. The lowest BCUT2D eigenvalue weighted by Crippen LogP contribution is -2.44. The Balaban J connectivity index is 1.33. The molecule has 2 aromatic heterocycles. The van der Waals surface area contributed by atoms with E-state index < -0.39 is 0 Å². The molecule has 2 aromatic rings. The van der Waals surface area contributed by atoms with Gasteiger partial charge in [0, 0.05) is 31.7 Å². The zero-order valence-corrected chi connectivity index (χ0v) is 14.9. The fourth-order valence-corrected chi connectivity index (χ4v) is 4.19. The maximum atomic E-state index is 6.17. The molecule has 0 amide bonds. The predicted molar refractivity (Wildman–Crippen MR) is 95.9 cm³/mol. The number of likely N-dealkylation sites (N-methyl/N-ethyl adjacent to an activating group) is 1. The third kappa shape index (κ3) is 4.11. The highest BCUT2D eigenvalue weighted by atomic mass is 16.5. The van der Waals surface area contributed by atoms with Crippen molar-refractivity contribution in [3.05, 3.63) is 54.2 Å². The molecule has 0 saturated carbocycles. The monoisotopic (exact) mass is 341 g/mol. The van der Waals surface area contributed by atoms with Crippen LogP contribution in [0.5, 0.6) is 0 Å². The minimum Gasteiger partial charge on any atom is -0.468 e. The van der Waals surface area contributed by atoms with Crippen LogP contribution in [-0.2, 0) is 17.8 Å². The van der Waals surface area contributed by atoms with Crippen molar-refractivity contribution >= 4 is 0 Å². The van der Waals surface area contributed by atoms with Crippen molar-refractivity contribution in [1.82, 2.24) is 14.8 Å². The Kier molecular flexibility index (Phi) is 5.15. The molecule has 0 aliphatic carbocycles. The second kappa shape index (κ2) is 7.68. The number of fused-ring (bicyclic) bond motifs is 1. The molecule has 4 heterocycles. The smallest absolute Gasteiger partial charge is 0.117 e. The van der Waals surface area contributed by atoms with Crippen molar-refractivity contribution in [3.63, 3.8) is 0 Å². The molecule has 0 spiro atoms. The standard InChI is InChI=1S/C20H27N3O2/c1-22(12-18-6-4-10-24-18)14-20-19-13-23(9-7-16(19)15-25-20)11-17-5-2-3-8-21-17/h2-6,8,10,16,19-20H,7,9,11-15H2,1H3/t16-,19-,20+/m0/s1. The number of piperidine rings is 1. The topological polar surface area (TPSA) is 41.7 Å². The van der Waals surface area contributed by atoms with Crippen molar-refractivity contribution in [2.75, 3.05) is 33.3 Å². The molecule has 0 N–H and O–H groups in total. The molecule has 2 aliphatic heterocycles. The maximum Gasteiger partial charge on any atom is 0.117 e. The fourth-order valence-electron chi connectivity index (χ4n) is 4.19. The van der Waals surface area contributed by atoms with Gasteiger partial charge in [-0.2, -0.15) is 0 Å². The summed E-state index contributed by atoms with van der Waals surface area (Å²) in [6.07, 6.45) is 5.17. The average molecular weight is 341 g/mol. The first-order valence-corrected chi connectivity index (χ1v) is 9.23. The zero-order chi connectivity index (χ0) is 17.1. The lowest BCUT2D eigenvalue weighted by atomic mass is 9.84. The van der Waals surface area contributed by atoms with Gasteiger partial charge in [-0.15, -0.1) is 0 Å². The number of pyridine rings is 1. The van der Waals surface area contributed by atoms with Gasteiger partial charge >= 0.3 is 0 Å². The van der Waals surface area contributed by atoms with Crippen LogP contribution >= 0.6 is 0 Å². The first kappa shape index (κ1) is 16.8. The van der Waals surface area contributed by atoms with Gasteiger partial charge in [0.2, 0.25) is 0 Å². The molecule has 5 heteroatoms. The summed E-state index contributed by atoms with van der Waals surface area (Å²) in [5, 5.41) is 0. The van der Waals surface area contributed by atoms with E-state index in [0.717, 1.165) is 50.8 Å². The lowest BCUT2D eigenvalue weighted by Gasteiger charge is -2.36. The normalized spacial score (nSPS) is 26.9. The van der Waals surface area contributed by atoms with Crippen LogP contribution in [-0.4, -0.2) is 54.2 Å². The molecule has 2 fully saturated rings. The van der Waals surface area contributed by atoms with E-state index in [1.165, 1.54) is 6.42 Å². The third-order valence-corrected chi connectivity index (χ3v) is 5.50. The predicted octanol–water partition coefficient (Wildman–Crippen LogP) is 2.64. The first-order valence-electron chi connectivity index (χ1n) is 9.23. The molecule has 25 heavy (non-hydrogen) atoms. The molecular weight excluding hydrogens is 314 g/mol. The van der Waals surface area contributed by atoms with Gasteiger partial charge in [-0.05, 0) is 50.2 Å². The number of furan rings is 1. The molecule has 0 unspecified atom stereocenters. The van der Waals surface area contributed by atoms with Gasteiger partial charge in [0.15, 0.2) is 0 Å². The first-order chi connectivity index (χ1) is 12.3. The minimum atomic E-state index is 0.316. The van der Waals surface area contributed by atoms with Crippen molar-refractivity contribution in [3.8, 4) is 0 Å². The Morgan fingerprint density at radius 1 is 1.28 bits per heavy atom. The van der Waals surface area contributed by atoms with E-state index in [9.17, 15) is 0 Å². The number of aromatic nitrogens is 1. The van der Waals surface area contributed by atoms with Crippen LogP contribution < -0.4 is 0 Å². The van der Waals surface area contributed by atoms with Gasteiger partial charge in [0.1, 0.15) is 5.76 Å². The van der Waals surface area contributed by atoms with Gasteiger partial charge in [-0.1, -0.05) is 6.07 Å². The summed E-state index contributed by atoms with van der Waals surface area (Å²) < 4.78 is 11.6. The molecule has 0 aromatic carbocycles. The Morgan fingerprint density at radius 2 is 2.24 bits per heavy atom. The van der Waals surface area contributed by atoms with Gasteiger partial charge in [-0.3, -0.25) is 14.8 Å². The van der Waals surface area contributed by atoms with Crippen LogP contribution in [0.4, 0.5) is 0 Å². The SMILES string of the molecule is CN(Cc1ccco1)C[C@H]1OC[C@@H]2CCN(Cc3ccccn3)C[C@@H]21. The van der Waals surface area contributed by atoms with Gasteiger partial charge in [0.05, 0.1) is 31.2 Å². The number of likely N-dealkylation sites (tertiary alicyclic amines) is 1. The van der Waals surface area contributed by atoms with Crippen LogP contribution in [0.25, 0.3) is 0 Å². The van der Waals surface area contributed by atoms with E-state index in [1.54, 1.807) is 6.26 Å². The van der Waals surface area contributed by atoms with E-state index >= 15 is 0 Å².